The Morgan fingerprint density at radius 2 is 2.25 bits per heavy atom. The van der Waals surface area contributed by atoms with Crippen molar-refractivity contribution in [2.75, 3.05) is 0 Å². The first-order valence-electron chi connectivity index (χ1n) is 1.69. The SMILES string of the molecule is C[CH][SiH2][SiH3]. The minimum Gasteiger partial charge on any atom is -0.0658 e. The van der Waals surface area contributed by atoms with E-state index in [1.807, 2.05) is 0 Å². The Hall–Kier alpha value is 0.434. The van der Waals surface area contributed by atoms with E-state index < -0.39 is 0 Å². The smallest absolute Gasteiger partial charge is 0.00753 e. The third-order valence-electron chi connectivity index (χ3n) is 0.408. The summed E-state index contributed by atoms with van der Waals surface area (Å²) < 4.78 is 0. The van der Waals surface area contributed by atoms with Crippen LogP contribution >= 0.6 is 0 Å². The fourth-order valence-corrected chi connectivity index (χ4v) is 0. The zero-order valence-electron chi connectivity index (χ0n) is 3.28. The Kier molecular flexibility index (Phi) is 3.81. The lowest BCUT2D eigenvalue weighted by atomic mass is 11.0. The molecule has 0 unspecified atom stereocenters. The van der Waals surface area contributed by atoms with Crippen LogP contribution in [0.1, 0.15) is 6.92 Å². The molecular formula is C2H9Si2. The van der Waals surface area contributed by atoms with Crippen molar-refractivity contribution in [2.45, 2.75) is 6.92 Å². The molecule has 0 aliphatic carbocycles. The molecule has 0 atom stereocenters. The van der Waals surface area contributed by atoms with E-state index in [0.29, 0.717) is 9.04 Å². The summed E-state index contributed by atoms with van der Waals surface area (Å²) >= 11 is 0. The molecule has 2 heteroatoms. The van der Waals surface area contributed by atoms with Crippen molar-refractivity contribution < 1.29 is 0 Å². The lowest BCUT2D eigenvalue weighted by Crippen LogP contribution is -1.81. The average Bonchev–Trinajstić information content (AvgIpc) is 1.37. The van der Waals surface area contributed by atoms with Gasteiger partial charge < -0.3 is 0 Å². The van der Waals surface area contributed by atoms with E-state index in [-0.39, 0.29) is 0 Å². The molecule has 0 aliphatic heterocycles. The Labute approximate surface area is 32.6 Å². The Morgan fingerprint density at radius 3 is 2.25 bits per heavy atom. The summed E-state index contributed by atoms with van der Waals surface area (Å²) in [4.78, 5) is 0. The van der Waals surface area contributed by atoms with Crippen molar-refractivity contribution in [3.8, 4) is 0 Å². The lowest BCUT2D eigenvalue weighted by Gasteiger charge is -1.65. The molecule has 0 nitrogen and oxygen atoms in total. The first-order valence-corrected chi connectivity index (χ1v) is 8.17. The Balaban J connectivity index is 1.97. The third-order valence-corrected chi connectivity index (χ3v) is 3.67. The zero-order valence-corrected chi connectivity index (χ0v) is 6.70. The topological polar surface area (TPSA) is 0 Å². The molecule has 25 valence electrons. The Morgan fingerprint density at radius 1 is 2.00 bits per heavy atom. The quantitative estimate of drug-likeness (QED) is 0.347. The van der Waals surface area contributed by atoms with Gasteiger partial charge in [0.2, 0.25) is 0 Å². The van der Waals surface area contributed by atoms with Gasteiger partial charge in [0.05, 0.1) is 0 Å². The van der Waals surface area contributed by atoms with Crippen molar-refractivity contribution >= 4 is 18.8 Å². The Bertz CT molecular complexity index is 6.00. The van der Waals surface area contributed by atoms with Gasteiger partial charge in [0.15, 0.2) is 0 Å². The van der Waals surface area contributed by atoms with Crippen LogP contribution in [0.25, 0.3) is 0 Å². The minimum atomic E-state index is 0.438. The molecule has 0 aliphatic rings. The van der Waals surface area contributed by atoms with E-state index in [0.717, 1.165) is 0 Å². The molecule has 0 aromatic rings. The molecule has 1 radical (unpaired) electrons. The molecule has 0 bridgehead atoms. The molecule has 0 saturated heterocycles. The third kappa shape index (κ3) is 2.43. The molecule has 0 amide bonds. The maximum absolute atomic E-state index is 2.33. The average molecular weight is 89.3 g/mol. The molecule has 0 N–H and O–H groups in total. The molecule has 4 heavy (non-hydrogen) atoms. The monoisotopic (exact) mass is 89.0 g/mol. The van der Waals surface area contributed by atoms with Crippen molar-refractivity contribution in [3.05, 3.63) is 6.04 Å². The van der Waals surface area contributed by atoms with Gasteiger partial charge in [-0.25, -0.2) is 0 Å². The molecule has 0 heterocycles. The molecule has 0 aromatic heterocycles. The predicted octanol–water partition coefficient (Wildman–Crippen LogP) is -1.38. The van der Waals surface area contributed by atoms with Crippen LogP contribution in [0.3, 0.4) is 0 Å². The highest BCUT2D eigenvalue weighted by Gasteiger charge is 1.59. The molecule has 0 rings (SSSR count). The summed E-state index contributed by atoms with van der Waals surface area (Å²) in [7, 11) is 1.91. The predicted molar refractivity (Wildman–Crippen MR) is 28.5 cm³/mol. The molecule has 0 saturated carbocycles. The maximum Gasteiger partial charge on any atom is 0.00753 e. The highest BCUT2D eigenvalue weighted by atomic mass is 29.1. The van der Waals surface area contributed by atoms with E-state index in [1.165, 1.54) is 9.76 Å². The summed E-state index contributed by atoms with van der Waals surface area (Å²) in [6, 6.07) is 2.33. The first kappa shape index (κ1) is 4.43. The fraction of sp³-hybridized carbons (Fsp3) is 0.500. The first-order chi connectivity index (χ1) is 1.91. The second kappa shape index (κ2) is 3.43. The second-order valence-electron chi connectivity index (χ2n) is 0.816. The van der Waals surface area contributed by atoms with Gasteiger partial charge in [-0.1, -0.05) is 13.0 Å². The normalized spacial score (nSPS) is 11.2. The highest BCUT2D eigenvalue weighted by Crippen LogP contribution is 1.53. The van der Waals surface area contributed by atoms with E-state index in [4.69, 9.17) is 0 Å². The number of hydrogen-bond acceptors (Lipinski definition) is 0. The summed E-state index contributed by atoms with van der Waals surface area (Å²) in [6.45, 7) is 2.15. The van der Waals surface area contributed by atoms with E-state index in [2.05, 4.69) is 13.0 Å². The minimum absolute atomic E-state index is 0.438. The van der Waals surface area contributed by atoms with Gasteiger partial charge in [-0.05, 0) is 9.76 Å². The van der Waals surface area contributed by atoms with Crippen molar-refractivity contribution in [1.82, 2.24) is 0 Å². The van der Waals surface area contributed by atoms with Crippen LogP contribution in [0.5, 0.6) is 0 Å². The van der Waals surface area contributed by atoms with Crippen molar-refractivity contribution in [2.24, 2.45) is 0 Å². The lowest BCUT2D eigenvalue weighted by molar-refractivity contribution is 1.71. The van der Waals surface area contributed by atoms with Gasteiger partial charge in [0.25, 0.3) is 0 Å². The standard InChI is InChI=1S/C2H9Si2/c1-2-4-3/h2H,4H2,1,3H3. The van der Waals surface area contributed by atoms with Gasteiger partial charge in [0.1, 0.15) is 0 Å². The molecular weight excluding hydrogens is 80.2 g/mol. The fourth-order valence-electron chi connectivity index (χ4n) is 0. The van der Waals surface area contributed by atoms with Crippen LogP contribution in [0.15, 0.2) is 0 Å². The molecule has 0 aromatic carbocycles. The van der Waals surface area contributed by atoms with Gasteiger partial charge >= 0.3 is 0 Å². The highest BCUT2D eigenvalue weighted by molar-refractivity contribution is 6.91. The molecule has 0 fully saturated rings. The van der Waals surface area contributed by atoms with Crippen LogP contribution in [-0.4, -0.2) is 18.8 Å². The zero-order chi connectivity index (χ0) is 3.41. The summed E-state index contributed by atoms with van der Waals surface area (Å²) in [5.74, 6) is 0. The van der Waals surface area contributed by atoms with Crippen LogP contribution in [0, 0.1) is 6.04 Å². The van der Waals surface area contributed by atoms with E-state index >= 15 is 0 Å². The van der Waals surface area contributed by atoms with Crippen LogP contribution < -0.4 is 0 Å². The summed E-state index contributed by atoms with van der Waals surface area (Å²) in [5.41, 5.74) is 0. The van der Waals surface area contributed by atoms with E-state index in [1.54, 1.807) is 0 Å². The van der Waals surface area contributed by atoms with E-state index in [9.17, 15) is 0 Å². The van der Waals surface area contributed by atoms with Gasteiger partial charge in [-0.3, -0.25) is 0 Å². The summed E-state index contributed by atoms with van der Waals surface area (Å²) in [5, 5.41) is 0. The van der Waals surface area contributed by atoms with Gasteiger partial charge in [-0.2, -0.15) is 0 Å². The van der Waals surface area contributed by atoms with Gasteiger partial charge in [0, 0.05) is 9.04 Å². The summed E-state index contributed by atoms with van der Waals surface area (Å²) in [6.07, 6.45) is 0. The maximum atomic E-state index is 2.33. The van der Waals surface area contributed by atoms with Crippen LogP contribution in [0.2, 0.25) is 0 Å². The number of rotatable bonds is 1. The van der Waals surface area contributed by atoms with Crippen molar-refractivity contribution in [3.63, 3.8) is 0 Å². The number of hydrogen-bond donors (Lipinski definition) is 0. The second-order valence-corrected chi connectivity index (χ2v) is 4.90. The van der Waals surface area contributed by atoms with Gasteiger partial charge in [-0.15, -0.1) is 0 Å². The van der Waals surface area contributed by atoms with Crippen molar-refractivity contribution in [1.29, 1.82) is 0 Å². The molecule has 0 spiro atoms. The van der Waals surface area contributed by atoms with Crippen LogP contribution in [0.4, 0.5) is 0 Å². The van der Waals surface area contributed by atoms with Crippen LogP contribution in [-0.2, 0) is 0 Å². The largest absolute Gasteiger partial charge is 0.0658 e.